The summed E-state index contributed by atoms with van der Waals surface area (Å²) in [6, 6.07) is 12.8. The number of pyridine rings is 1. The van der Waals surface area contributed by atoms with E-state index in [1.54, 1.807) is 0 Å². The van der Waals surface area contributed by atoms with E-state index >= 15 is 0 Å². The molecule has 3 rings (SSSR count). The maximum Gasteiger partial charge on any atom is 0.191 e. The second-order valence-electron chi connectivity index (χ2n) is 7.62. The molecule has 1 aromatic heterocycles. The minimum atomic E-state index is 0.613. The van der Waals surface area contributed by atoms with Gasteiger partial charge in [0.25, 0.3) is 0 Å². The Labute approximate surface area is 181 Å². The normalized spacial score (nSPS) is 15.3. The predicted molar refractivity (Wildman–Crippen MR) is 126 cm³/mol. The summed E-state index contributed by atoms with van der Waals surface area (Å²) in [5.41, 5.74) is 3.82. The van der Waals surface area contributed by atoms with E-state index in [2.05, 4.69) is 77.6 Å². The van der Waals surface area contributed by atoms with Crippen LogP contribution in [-0.4, -0.2) is 55.1 Å². The number of anilines is 1. The van der Waals surface area contributed by atoms with E-state index in [-0.39, 0.29) is 0 Å². The van der Waals surface area contributed by atoms with E-state index in [4.69, 9.17) is 9.98 Å². The molecule has 2 aromatic rings. The van der Waals surface area contributed by atoms with E-state index in [0.717, 1.165) is 69.6 Å². The second kappa shape index (κ2) is 11.6. The van der Waals surface area contributed by atoms with Crippen LogP contribution >= 0.6 is 0 Å². The number of aliphatic imine (C=N–C) groups is 1. The molecule has 0 saturated carbocycles. The van der Waals surface area contributed by atoms with Crippen molar-refractivity contribution in [3.8, 4) is 0 Å². The molecule has 0 bridgehead atoms. The number of likely N-dealkylation sites (N-methyl/N-ethyl adjacent to an activating group) is 1. The van der Waals surface area contributed by atoms with Crippen LogP contribution in [0.15, 0.2) is 47.6 Å². The van der Waals surface area contributed by atoms with Crippen molar-refractivity contribution in [3.05, 3.63) is 59.3 Å². The summed E-state index contributed by atoms with van der Waals surface area (Å²) < 4.78 is 0. The van der Waals surface area contributed by atoms with Gasteiger partial charge in [-0.1, -0.05) is 44.2 Å². The molecule has 1 fully saturated rings. The number of guanidine groups is 1. The lowest BCUT2D eigenvalue weighted by molar-refractivity contribution is 0.270. The summed E-state index contributed by atoms with van der Waals surface area (Å²) in [4.78, 5) is 14.3. The highest BCUT2D eigenvalue weighted by Gasteiger charge is 2.16. The van der Waals surface area contributed by atoms with Crippen LogP contribution in [0.3, 0.4) is 0 Å². The van der Waals surface area contributed by atoms with Crippen LogP contribution < -0.4 is 15.5 Å². The van der Waals surface area contributed by atoms with Crippen LogP contribution in [-0.2, 0) is 19.5 Å². The zero-order valence-corrected chi connectivity index (χ0v) is 18.7. The van der Waals surface area contributed by atoms with Crippen LogP contribution in [0, 0.1) is 0 Å². The third-order valence-electron chi connectivity index (χ3n) is 5.66. The van der Waals surface area contributed by atoms with E-state index in [1.165, 1.54) is 11.1 Å². The molecule has 1 aromatic carbocycles. The van der Waals surface area contributed by atoms with Gasteiger partial charge in [-0.05, 0) is 42.6 Å². The van der Waals surface area contributed by atoms with Gasteiger partial charge < -0.3 is 20.4 Å². The standard InChI is InChI=1S/C24H36N6/c1-4-21-9-7-8-10-22(21)19-28-24(25-5-2)27-18-20-11-12-23(26-17-20)30-15-13-29(6-3)14-16-30/h7-12,17H,4-6,13-16,18-19H2,1-3H3,(H2,25,27,28). The molecule has 0 atom stereocenters. The van der Waals surface area contributed by atoms with Gasteiger partial charge in [0.05, 0.1) is 6.54 Å². The number of benzene rings is 1. The van der Waals surface area contributed by atoms with Gasteiger partial charge in [-0.15, -0.1) is 0 Å². The van der Waals surface area contributed by atoms with Gasteiger partial charge in [-0.2, -0.15) is 0 Å². The number of nitrogens with zero attached hydrogens (tertiary/aromatic N) is 4. The van der Waals surface area contributed by atoms with Crippen molar-refractivity contribution >= 4 is 11.8 Å². The molecule has 6 heteroatoms. The topological polar surface area (TPSA) is 55.8 Å². The van der Waals surface area contributed by atoms with Gasteiger partial charge in [0.15, 0.2) is 5.96 Å². The lowest BCUT2D eigenvalue weighted by Gasteiger charge is -2.34. The Bertz CT molecular complexity index is 794. The highest BCUT2D eigenvalue weighted by molar-refractivity contribution is 5.79. The van der Waals surface area contributed by atoms with E-state index in [0.29, 0.717) is 6.54 Å². The number of hydrogen-bond donors (Lipinski definition) is 2. The first-order valence-electron chi connectivity index (χ1n) is 11.2. The van der Waals surface area contributed by atoms with E-state index < -0.39 is 0 Å². The van der Waals surface area contributed by atoms with Crippen molar-refractivity contribution in [1.29, 1.82) is 0 Å². The van der Waals surface area contributed by atoms with Gasteiger partial charge in [-0.25, -0.2) is 9.98 Å². The summed E-state index contributed by atoms with van der Waals surface area (Å²) in [6.07, 6.45) is 3.00. The SMILES string of the molecule is CCNC(=NCc1ccc(N2CCN(CC)CC2)nc1)NCc1ccccc1CC. The minimum Gasteiger partial charge on any atom is -0.357 e. The Balaban J connectivity index is 1.56. The Morgan fingerprint density at radius 1 is 0.967 bits per heavy atom. The summed E-state index contributed by atoms with van der Waals surface area (Å²) in [5, 5.41) is 6.80. The summed E-state index contributed by atoms with van der Waals surface area (Å²) in [7, 11) is 0. The van der Waals surface area contributed by atoms with Gasteiger partial charge in [0.1, 0.15) is 5.82 Å². The Hall–Kier alpha value is -2.60. The molecule has 0 unspecified atom stereocenters. The zero-order chi connectivity index (χ0) is 21.2. The lowest BCUT2D eigenvalue weighted by Crippen LogP contribution is -2.46. The van der Waals surface area contributed by atoms with Gasteiger partial charge in [0, 0.05) is 45.5 Å². The highest BCUT2D eigenvalue weighted by Crippen LogP contribution is 2.14. The maximum atomic E-state index is 4.75. The van der Waals surface area contributed by atoms with Gasteiger partial charge in [-0.3, -0.25) is 0 Å². The number of aromatic nitrogens is 1. The van der Waals surface area contributed by atoms with Crippen molar-refractivity contribution in [1.82, 2.24) is 20.5 Å². The third kappa shape index (κ3) is 6.20. The number of aryl methyl sites for hydroxylation is 1. The lowest BCUT2D eigenvalue weighted by atomic mass is 10.1. The Morgan fingerprint density at radius 3 is 2.37 bits per heavy atom. The molecule has 1 aliphatic rings. The molecular weight excluding hydrogens is 372 g/mol. The van der Waals surface area contributed by atoms with Crippen LogP contribution in [0.5, 0.6) is 0 Å². The van der Waals surface area contributed by atoms with Crippen molar-refractivity contribution in [2.45, 2.75) is 40.3 Å². The first-order chi connectivity index (χ1) is 14.7. The molecule has 1 aliphatic heterocycles. The smallest absolute Gasteiger partial charge is 0.191 e. The zero-order valence-electron chi connectivity index (χ0n) is 18.7. The average molecular weight is 409 g/mol. The molecule has 30 heavy (non-hydrogen) atoms. The molecule has 0 radical (unpaired) electrons. The van der Waals surface area contributed by atoms with Crippen molar-refractivity contribution < 1.29 is 0 Å². The van der Waals surface area contributed by atoms with E-state index in [1.807, 2.05) is 6.20 Å². The number of hydrogen-bond acceptors (Lipinski definition) is 4. The molecule has 2 N–H and O–H groups in total. The molecule has 1 saturated heterocycles. The van der Waals surface area contributed by atoms with Crippen LogP contribution in [0.1, 0.15) is 37.5 Å². The van der Waals surface area contributed by atoms with Gasteiger partial charge in [0.2, 0.25) is 0 Å². The second-order valence-corrected chi connectivity index (χ2v) is 7.62. The molecule has 2 heterocycles. The number of piperazine rings is 1. The fourth-order valence-electron chi connectivity index (χ4n) is 3.76. The maximum absolute atomic E-state index is 4.75. The highest BCUT2D eigenvalue weighted by atomic mass is 15.3. The fourth-order valence-corrected chi connectivity index (χ4v) is 3.76. The Kier molecular flexibility index (Phi) is 8.51. The summed E-state index contributed by atoms with van der Waals surface area (Å²) in [6.45, 7) is 14.2. The summed E-state index contributed by atoms with van der Waals surface area (Å²) >= 11 is 0. The molecule has 0 spiro atoms. The van der Waals surface area contributed by atoms with E-state index in [9.17, 15) is 0 Å². The molecule has 0 amide bonds. The molecule has 6 nitrogen and oxygen atoms in total. The van der Waals surface area contributed by atoms with Crippen LogP contribution in [0.25, 0.3) is 0 Å². The Morgan fingerprint density at radius 2 is 1.73 bits per heavy atom. The van der Waals surface area contributed by atoms with Crippen molar-refractivity contribution in [2.75, 3.05) is 44.2 Å². The monoisotopic (exact) mass is 408 g/mol. The van der Waals surface area contributed by atoms with Crippen LogP contribution in [0.2, 0.25) is 0 Å². The van der Waals surface area contributed by atoms with Crippen LogP contribution in [0.4, 0.5) is 5.82 Å². The average Bonchev–Trinajstić information content (AvgIpc) is 2.81. The predicted octanol–water partition coefficient (Wildman–Crippen LogP) is 3.04. The molecular formula is C24H36N6. The largest absolute Gasteiger partial charge is 0.357 e. The minimum absolute atomic E-state index is 0.613. The van der Waals surface area contributed by atoms with Crippen molar-refractivity contribution in [3.63, 3.8) is 0 Å². The first kappa shape index (κ1) is 22.1. The quantitative estimate of drug-likeness (QED) is 0.519. The fraction of sp³-hybridized carbons (Fsp3) is 0.500. The van der Waals surface area contributed by atoms with Gasteiger partial charge >= 0.3 is 0 Å². The molecule has 162 valence electrons. The number of rotatable bonds is 8. The third-order valence-corrected chi connectivity index (χ3v) is 5.66. The first-order valence-corrected chi connectivity index (χ1v) is 11.2. The van der Waals surface area contributed by atoms with Crippen molar-refractivity contribution in [2.24, 2.45) is 4.99 Å². The number of nitrogens with one attached hydrogen (secondary N) is 2. The molecule has 0 aliphatic carbocycles. The summed E-state index contributed by atoms with van der Waals surface area (Å²) in [5.74, 6) is 1.91.